The van der Waals surface area contributed by atoms with Crippen LogP contribution >= 0.6 is 0 Å². The number of benzene rings is 2. The molecule has 0 aliphatic carbocycles. The highest BCUT2D eigenvalue weighted by molar-refractivity contribution is 6.09. The summed E-state index contributed by atoms with van der Waals surface area (Å²) in [6, 6.07) is 13.4. The molecule has 0 saturated heterocycles. The number of carbonyl (C=O) groups excluding carboxylic acids is 1. The van der Waals surface area contributed by atoms with Crippen molar-refractivity contribution in [3.63, 3.8) is 0 Å². The van der Waals surface area contributed by atoms with Crippen LogP contribution in [-0.4, -0.2) is 12.9 Å². The highest BCUT2D eigenvalue weighted by atomic mass is 16.5. The minimum atomic E-state index is -0.364. The van der Waals surface area contributed by atoms with E-state index in [2.05, 4.69) is 0 Å². The maximum Gasteiger partial charge on any atom is 0.203 e. The summed E-state index contributed by atoms with van der Waals surface area (Å²) >= 11 is 0. The number of hydrogen-bond acceptors (Lipinski definition) is 4. The highest BCUT2D eigenvalue weighted by Gasteiger charge is 2.16. The van der Waals surface area contributed by atoms with E-state index in [1.807, 2.05) is 0 Å². The Morgan fingerprint density at radius 2 is 1.76 bits per heavy atom. The monoisotopic (exact) mass is 280 g/mol. The molecule has 4 heteroatoms. The molecule has 0 saturated carbocycles. The zero-order valence-corrected chi connectivity index (χ0v) is 11.3. The standard InChI is InChI=1S/C17H12O4/c1-20-12-8-6-11(7-9-12)16(18)14-10-21-15-5-3-2-4-13(15)17(14)19/h2-10H,1H3. The molecule has 0 atom stereocenters. The van der Waals surface area contributed by atoms with E-state index in [-0.39, 0.29) is 16.8 Å². The first-order chi connectivity index (χ1) is 10.2. The summed E-state index contributed by atoms with van der Waals surface area (Å²) in [5.41, 5.74) is 0.587. The number of ketones is 1. The third-order valence-corrected chi connectivity index (χ3v) is 3.28. The van der Waals surface area contributed by atoms with E-state index in [1.165, 1.54) is 6.26 Å². The highest BCUT2D eigenvalue weighted by Crippen LogP contribution is 2.16. The van der Waals surface area contributed by atoms with Gasteiger partial charge in [-0.15, -0.1) is 0 Å². The first-order valence-electron chi connectivity index (χ1n) is 6.40. The van der Waals surface area contributed by atoms with Crippen molar-refractivity contribution in [2.24, 2.45) is 0 Å². The van der Waals surface area contributed by atoms with Gasteiger partial charge in [-0.05, 0) is 36.4 Å². The average Bonchev–Trinajstić information content (AvgIpc) is 2.55. The Bertz CT molecular complexity index is 860. The van der Waals surface area contributed by atoms with E-state index >= 15 is 0 Å². The molecular weight excluding hydrogens is 268 g/mol. The molecule has 2 aromatic carbocycles. The van der Waals surface area contributed by atoms with Crippen molar-refractivity contribution in [2.45, 2.75) is 0 Å². The molecule has 0 fully saturated rings. The van der Waals surface area contributed by atoms with E-state index < -0.39 is 0 Å². The van der Waals surface area contributed by atoms with Gasteiger partial charge in [0.2, 0.25) is 5.43 Å². The van der Waals surface area contributed by atoms with E-state index in [0.717, 1.165) is 0 Å². The molecule has 1 aromatic heterocycles. The lowest BCUT2D eigenvalue weighted by Crippen LogP contribution is -2.15. The Balaban J connectivity index is 2.09. The number of fused-ring (bicyclic) bond motifs is 1. The lowest BCUT2D eigenvalue weighted by Gasteiger charge is -2.03. The third kappa shape index (κ3) is 2.31. The van der Waals surface area contributed by atoms with Gasteiger partial charge in [0.05, 0.1) is 12.5 Å². The minimum Gasteiger partial charge on any atom is -0.497 e. The molecule has 0 aliphatic heterocycles. The molecule has 0 aliphatic rings. The van der Waals surface area contributed by atoms with Gasteiger partial charge in [0.15, 0.2) is 5.78 Å². The molecule has 0 spiro atoms. The van der Waals surface area contributed by atoms with E-state index in [0.29, 0.717) is 22.3 Å². The molecule has 1 heterocycles. The first-order valence-corrected chi connectivity index (χ1v) is 6.40. The Morgan fingerprint density at radius 1 is 1.05 bits per heavy atom. The van der Waals surface area contributed by atoms with Crippen LogP contribution in [0.15, 0.2) is 64.0 Å². The second-order valence-electron chi connectivity index (χ2n) is 4.53. The van der Waals surface area contributed by atoms with Crippen molar-refractivity contribution in [3.8, 4) is 5.75 Å². The number of methoxy groups -OCH3 is 1. The molecule has 0 N–H and O–H groups in total. The summed E-state index contributed by atoms with van der Waals surface area (Å²) in [7, 11) is 1.55. The number of ether oxygens (including phenoxy) is 1. The van der Waals surface area contributed by atoms with Gasteiger partial charge in [0.25, 0.3) is 0 Å². The predicted molar refractivity (Wildman–Crippen MR) is 78.9 cm³/mol. The van der Waals surface area contributed by atoms with E-state index in [1.54, 1.807) is 55.6 Å². The van der Waals surface area contributed by atoms with Crippen molar-refractivity contribution in [1.82, 2.24) is 0 Å². The molecular formula is C17H12O4. The van der Waals surface area contributed by atoms with Gasteiger partial charge in [-0.25, -0.2) is 0 Å². The summed E-state index contributed by atoms with van der Waals surface area (Å²) in [6.45, 7) is 0. The number of hydrogen-bond donors (Lipinski definition) is 0. The van der Waals surface area contributed by atoms with Gasteiger partial charge >= 0.3 is 0 Å². The van der Waals surface area contributed by atoms with Crippen molar-refractivity contribution in [1.29, 1.82) is 0 Å². The lowest BCUT2D eigenvalue weighted by molar-refractivity contribution is 0.103. The van der Waals surface area contributed by atoms with Gasteiger partial charge < -0.3 is 9.15 Å². The molecule has 0 unspecified atom stereocenters. The molecule has 0 radical (unpaired) electrons. The maximum absolute atomic E-state index is 12.4. The van der Waals surface area contributed by atoms with Crippen LogP contribution in [0.1, 0.15) is 15.9 Å². The van der Waals surface area contributed by atoms with Crippen LogP contribution in [0, 0.1) is 0 Å². The van der Waals surface area contributed by atoms with Gasteiger partial charge in [0, 0.05) is 5.56 Å². The van der Waals surface area contributed by atoms with Gasteiger partial charge in [-0.1, -0.05) is 12.1 Å². The zero-order valence-electron chi connectivity index (χ0n) is 11.3. The van der Waals surface area contributed by atoms with Crippen molar-refractivity contribution < 1.29 is 13.9 Å². The number of para-hydroxylation sites is 1. The zero-order chi connectivity index (χ0) is 14.8. The quantitative estimate of drug-likeness (QED) is 0.692. The smallest absolute Gasteiger partial charge is 0.203 e. The molecule has 3 rings (SSSR count). The Labute approximate surface area is 120 Å². The summed E-state index contributed by atoms with van der Waals surface area (Å²) < 4.78 is 10.4. The maximum atomic E-state index is 12.4. The minimum absolute atomic E-state index is 0.0267. The van der Waals surface area contributed by atoms with Crippen LogP contribution in [-0.2, 0) is 0 Å². The molecule has 0 amide bonds. The van der Waals surface area contributed by atoms with Crippen molar-refractivity contribution in [3.05, 3.63) is 76.1 Å². The van der Waals surface area contributed by atoms with Crippen LogP contribution in [0.3, 0.4) is 0 Å². The van der Waals surface area contributed by atoms with E-state index in [4.69, 9.17) is 9.15 Å². The Morgan fingerprint density at radius 3 is 2.48 bits per heavy atom. The fraction of sp³-hybridized carbons (Fsp3) is 0.0588. The van der Waals surface area contributed by atoms with Crippen molar-refractivity contribution >= 4 is 16.8 Å². The van der Waals surface area contributed by atoms with Crippen LogP contribution in [0.5, 0.6) is 5.75 Å². The first kappa shape index (κ1) is 13.1. The fourth-order valence-electron chi connectivity index (χ4n) is 2.13. The van der Waals surface area contributed by atoms with Crippen LogP contribution in [0.2, 0.25) is 0 Å². The Hall–Kier alpha value is -2.88. The fourth-order valence-corrected chi connectivity index (χ4v) is 2.13. The Kier molecular flexibility index (Phi) is 3.28. The van der Waals surface area contributed by atoms with Crippen LogP contribution in [0.4, 0.5) is 0 Å². The molecule has 4 nitrogen and oxygen atoms in total. The SMILES string of the molecule is COc1ccc(C(=O)c2coc3ccccc3c2=O)cc1. The third-order valence-electron chi connectivity index (χ3n) is 3.28. The second-order valence-corrected chi connectivity index (χ2v) is 4.53. The summed E-state index contributed by atoms with van der Waals surface area (Å²) in [4.78, 5) is 24.8. The number of carbonyl (C=O) groups is 1. The predicted octanol–water partition coefficient (Wildman–Crippen LogP) is 3.03. The molecule has 21 heavy (non-hydrogen) atoms. The van der Waals surface area contributed by atoms with Gasteiger partial charge in [-0.3, -0.25) is 9.59 Å². The largest absolute Gasteiger partial charge is 0.497 e. The molecule has 3 aromatic rings. The summed E-state index contributed by atoms with van der Waals surface area (Å²) in [6.07, 6.45) is 1.22. The topological polar surface area (TPSA) is 56.5 Å². The number of rotatable bonds is 3. The van der Waals surface area contributed by atoms with E-state index in [9.17, 15) is 9.59 Å². The summed E-state index contributed by atoms with van der Waals surface area (Å²) in [5.74, 6) is 0.286. The second kappa shape index (κ2) is 5.25. The van der Waals surface area contributed by atoms with Gasteiger partial charge in [-0.2, -0.15) is 0 Å². The van der Waals surface area contributed by atoms with Crippen LogP contribution in [0.25, 0.3) is 11.0 Å². The van der Waals surface area contributed by atoms with Crippen molar-refractivity contribution in [2.75, 3.05) is 7.11 Å². The normalized spacial score (nSPS) is 10.5. The lowest BCUT2D eigenvalue weighted by atomic mass is 10.0. The van der Waals surface area contributed by atoms with Crippen LogP contribution < -0.4 is 10.2 Å². The molecule has 104 valence electrons. The van der Waals surface area contributed by atoms with Gasteiger partial charge in [0.1, 0.15) is 23.2 Å². The average molecular weight is 280 g/mol. The summed E-state index contributed by atoms with van der Waals surface area (Å²) in [5, 5.41) is 0.400. The molecule has 0 bridgehead atoms.